The molecule has 0 aliphatic heterocycles. The lowest BCUT2D eigenvalue weighted by molar-refractivity contribution is 0.596. The molecule has 84 valence electrons. The maximum atomic E-state index is 11.1. The Kier molecular flexibility index (Phi) is 3.08. The largest absolute Gasteiger partial charge is 0.339 e. The number of nitrogens with zero attached hydrogens (tertiary/aromatic N) is 4. The highest BCUT2D eigenvalue weighted by Crippen LogP contribution is 2.28. The van der Waals surface area contributed by atoms with Gasteiger partial charge in [-0.3, -0.25) is 19.4 Å². The predicted octanol–water partition coefficient (Wildman–Crippen LogP) is 0.125. The molecule has 0 aromatic carbocycles. The van der Waals surface area contributed by atoms with Crippen molar-refractivity contribution in [3.05, 3.63) is 25.9 Å². The molecule has 10 heteroatoms. The van der Waals surface area contributed by atoms with Crippen LogP contribution in [0.2, 0.25) is 5.15 Å². The molecule has 2 rings (SSSR count). The number of rotatable bonds is 2. The molecule has 0 radical (unpaired) electrons. The summed E-state index contributed by atoms with van der Waals surface area (Å²) in [5.41, 5.74) is -1.62. The van der Waals surface area contributed by atoms with Crippen LogP contribution in [0.5, 0.6) is 0 Å². The lowest BCUT2D eigenvalue weighted by Gasteiger charge is -2.02. The first-order chi connectivity index (χ1) is 7.58. The molecule has 2 aromatic rings. The van der Waals surface area contributed by atoms with Crippen LogP contribution in [0.4, 0.5) is 0 Å². The third-order valence-corrected chi connectivity index (χ3v) is 3.70. The van der Waals surface area contributed by atoms with Gasteiger partial charge in [0.05, 0.1) is 11.7 Å². The summed E-state index contributed by atoms with van der Waals surface area (Å²) in [6, 6.07) is 0. The number of aryl methyl sites for hydroxylation is 1. The van der Waals surface area contributed by atoms with Gasteiger partial charge in [0.1, 0.15) is 0 Å². The van der Waals surface area contributed by atoms with E-state index in [9.17, 15) is 9.59 Å². The van der Waals surface area contributed by atoms with Gasteiger partial charge in [-0.25, -0.2) is 0 Å². The topological polar surface area (TPSA) is 93.5 Å². The molecular weight excluding hydrogens is 274 g/mol. The zero-order valence-corrected chi connectivity index (χ0v) is 10.2. The number of halogens is 1. The van der Waals surface area contributed by atoms with E-state index in [1.807, 2.05) is 0 Å². The summed E-state index contributed by atoms with van der Waals surface area (Å²) >= 11 is 7.76. The molecule has 7 nitrogen and oxygen atoms in total. The van der Waals surface area contributed by atoms with E-state index in [2.05, 4.69) is 18.8 Å². The zero-order valence-electron chi connectivity index (χ0n) is 7.80. The molecule has 0 aliphatic rings. The first-order valence-electron chi connectivity index (χ1n) is 3.91. The molecule has 0 atom stereocenters. The van der Waals surface area contributed by atoms with Crippen molar-refractivity contribution in [2.24, 2.45) is 7.05 Å². The lowest BCUT2D eigenvalue weighted by Crippen LogP contribution is -2.33. The van der Waals surface area contributed by atoms with Crippen LogP contribution in [-0.2, 0) is 7.05 Å². The van der Waals surface area contributed by atoms with Crippen molar-refractivity contribution in [2.45, 2.75) is 10.2 Å². The Hall–Kier alpha value is -1.19. The van der Waals surface area contributed by atoms with Gasteiger partial charge >= 0.3 is 11.1 Å². The SMILES string of the molecule is Cn1[nH]c(=O)c(=O)nc1Sc1nsnc1Cl. The highest BCUT2D eigenvalue weighted by Gasteiger charge is 2.11. The highest BCUT2D eigenvalue weighted by atomic mass is 35.5. The van der Waals surface area contributed by atoms with Crippen LogP contribution < -0.4 is 11.1 Å². The monoisotopic (exact) mass is 277 g/mol. The van der Waals surface area contributed by atoms with Gasteiger partial charge < -0.3 is 0 Å². The van der Waals surface area contributed by atoms with E-state index in [1.165, 1.54) is 4.68 Å². The third-order valence-electron chi connectivity index (χ3n) is 1.56. The molecule has 2 aromatic heterocycles. The van der Waals surface area contributed by atoms with Crippen molar-refractivity contribution >= 4 is 35.1 Å². The van der Waals surface area contributed by atoms with E-state index in [0.717, 1.165) is 23.5 Å². The van der Waals surface area contributed by atoms with Crippen molar-refractivity contribution in [1.29, 1.82) is 0 Å². The molecule has 0 spiro atoms. The third kappa shape index (κ3) is 2.15. The maximum Gasteiger partial charge on any atom is 0.339 e. The fourth-order valence-electron chi connectivity index (χ4n) is 0.869. The summed E-state index contributed by atoms with van der Waals surface area (Å²) < 4.78 is 9.01. The highest BCUT2D eigenvalue weighted by molar-refractivity contribution is 7.99. The lowest BCUT2D eigenvalue weighted by atomic mass is 10.8. The Morgan fingerprint density at radius 3 is 2.81 bits per heavy atom. The minimum absolute atomic E-state index is 0.246. The van der Waals surface area contributed by atoms with Crippen LogP contribution in [-0.4, -0.2) is 23.5 Å². The molecule has 0 fully saturated rings. The number of aromatic amines is 1. The van der Waals surface area contributed by atoms with Gasteiger partial charge in [-0.05, 0) is 11.8 Å². The first-order valence-corrected chi connectivity index (χ1v) is 5.83. The summed E-state index contributed by atoms with van der Waals surface area (Å²) in [7, 11) is 1.56. The van der Waals surface area contributed by atoms with Gasteiger partial charge in [-0.2, -0.15) is 13.7 Å². The standard InChI is InChI=1S/C6H4ClN5O2S2/c1-12-6(8-3(13)4(14)9-12)15-5-2(7)10-16-11-5/h1H3,(H,9,14). The maximum absolute atomic E-state index is 11.1. The quantitative estimate of drug-likeness (QED) is 0.784. The van der Waals surface area contributed by atoms with E-state index in [1.54, 1.807) is 7.05 Å². The van der Waals surface area contributed by atoms with Crippen LogP contribution >= 0.6 is 35.1 Å². The van der Waals surface area contributed by atoms with Crippen LogP contribution in [0, 0.1) is 0 Å². The van der Waals surface area contributed by atoms with Crippen LogP contribution in [0.1, 0.15) is 0 Å². The minimum Gasteiger partial charge on any atom is -0.265 e. The molecule has 0 saturated heterocycles. The summed E-state index contributed by atoms with van der Waals surface area (Å²) in [6.45, 7) is 0. The number of hydrogen-bond acceptors (Lipinski definition) is 7. The summed E-state index contributed by atoms with van der Waals surface area (Å²) in [4.78, 5) is 25.6. The van der Waals surface area contributed by atoms with Crippen molar-refractivity contribution in [3.63, 3.8) is 0 Å². The zero-order chi connectivity index (χ0) is 11.7. The van der Waals surface area contributed by atoms with Crippen LogP contribution in [0.15, 0.2) is 19.8 Å². The van der Waals surface area contributed by atoms with E-state index in [0.29, 0.717) is 10.2 Å². The molecule has 0 amide bonds. The van der Waals surface area contributed by atoms with Crippen molar-refractivity contribution in [1.82, 2.24) is 23.5 Å². The Morgan fingerprint density at radius 1 is 1.44 bits per heavy atom. The van der Waals surface area contributed by atoms with E-state index in [4.69, 9.17) is 11.6 Å². The normalized spacial score (nSPS) is 10.6. The van der Waals surface area contributed by atoms with Crippen molar-refractivity contribution in [3.8, 4) is 0 Å². The molecule has 16 heavy (non-hydrogen) atoms. The second kappa shape index (κ2) is 4.36. The Bertz CT molecular complexity index is 632. The van der Waals surface area contributed by atoms with Gasteiger partial charge in [0.25, 0.3) is 0 Å². The van der Waals surface area contributed by atoms with Gasteiger partial charge in [-0.1, -0.05) is 11.6 Å². The Morgan fingerprint density at radius 2 is 2.19 bits per heavy atom. The van der Waals surface area contributed by atoms with Gasteiger partial charge in [0.2, 0.25) is 0 Å². The van der Waals surface area contributed by atoms with E-state index < -0.39 is 11.1 Å². The fraction of sp³-hybridized carbons (Fsp3) is 0.167. The second-order valence-corrected chi connectivity index (χ2v) is 4.50. The molecule has 1 N–H and O–H groups in total. The Balaban J connectivity index is 2.43. The van der Waals surface area contributed by atoms with Gasteiger partial charge in [-0.15, -0.1) is 0 Å². The van der Waals surface area contributed by atoms with E-state index >= 15 is 0 Å². The molecule has 0 aliphatic carbocycles. The number of hydrogen-bond donors (Lipinski definition) is 1. The van der Waals surface area contributed by atoms with Crippen LogP contribution in [0.3, 0.4) is 0 Å². The number of H-pyrrole nitrogens is 1. The van der Waals surface area contributed by atoms with Gasteiger partial charge in [0.15, 0.2) is 15.3 Å². The molecule has 0 bridgehead atoms. The fourth-order valence-corrected chi connectivity index (χ4v) is 2.45. The average Bonchev–Trinajstić information content (AvgIpc) is 2.61. The number of aromatic nitrogens is 5. The molecule has 0 saturated carbocycles. The summed E-state index contributed by atoms with van der Waals surface area (Å²) in [5, 5.41) is 3.30. The molecular formula is C6H4ClN5O2S2. The summed E-state index contributed by atoms with van der Waals surface area (Å²) in [5.74, 6) is 0. The van der Waals surface area contributed by atoms with Gasteiger partial charge in [0, 0.05) is 7.05 Å². The van der Waals surface area contributed by atoms with Crippen molar-refractivity contribution in [2.75, 3.05) is 0 Å². The second-order valence-electron chi connectivity index (χ2n) is 2.66. The predicted molar refractivity (Wildman–Crippen MR) is 59.1 cm³/mol. The molecule has 2 heterocycles. The van der Waals surface area contributed by atoms with Crippen LogP contribution in [0.25, 0.3) is 0 Å². The van der Waals surface area contributed by atoms with E-state index in [-0.39, 0.29) is 5.15 Å². The average molecular weight is 278 g/mol. The molecule has 0 unspecified atom stereocenters. The number of nitrogens with one attached hydrogen (secondary N) is 1. The summed E-state index contributed by atoms with van der Waals surface area (Å²) in [6.07, 6.45) is 0. The first kappa shape index (κ1) is 11.3. The minimum atomic E-state index is -0.847. The smallest absolute Gasteiger partial charge is 0.265 e. The van der Waals surface area contributed by atoms with Crippen molar-refractivity contribution < 1.29 is 0 Å². The Labute approximate surface area is 102 Å².